The quantitative estimate of drug-likeness (QED) is 0.342. The maximum absolute atomic E-state index is 11.9. The van der Waals surface area contributed by atoms with Gasteiger partial charge in [0.2, 0.25) is 5.91 Å². The number of hydrogen-bond acceptors (Lipinski definition) is 2. The second kappa shape index (κ2) is 8.80. The van der Waals surface area contributed by atoms with Crippen LogP contribution in [-0.2, 0) is 4.79 Å². The molecular weight excluding hydrogens is 478 g/mol. The molecule has 0 heterocycles. The molecule has 24 heavy (non-hydrogen) atoms. The molecule has 0 saturated heterocycles. The summed E-state index contributed by atoms with van der Waals surface area (Å²) in [7, 11) is 0. The van der Waals surface area contributed by atoms with E-state index in [9.17, 15) is 4.79 Å². The molecule has 0 aliphatic carbocycles. The van der Waals surface area contributed by atoms with E-state index < -0.39 is 0 Å². The van der Waals surface area contributed by atoms with Gasteiger partial charge in [0.05, 0.1) is 0 Å². The molecule has 0 bridgehead atoms. The van der Waals surface area contributed by atoms with E-state index in [0.29, 0.717) is 15.6 Å². The summed E-state index contributed by atoms with van der Waals surface area (Å²) in [5.74, 6) is -0.346. The summed E-state index contributed by atoms with van der Waals surface area (Å²) in [6.45, 7) is 1.97. The van der Waals surface area contributed by atoms with Crippen molar-refractivity contribution in [2.45, 2.75) is 6.92 Å². The first-order valence-corrected chi connectivity index (χ1v) is 9.10. The van der Waals surface area contributed by atoms with E-state index in [2.05, 4.69) is 33.2 Å². The third-order valence-electron chi connectivity index (χ3n) is 3.05. The summed E-state index contributed by atoms with van der Waals surface area (Å²) >= 11 is 19.3. The lowest BCUT2D eigenvalue weighted by atomic mass is 10.2. The number of nitrogens with one attached hydrogen (secondary N) is 2. The van der Waals surface area contributed by atoms with Gasteiger partial charge in [-0.15, -0.1) is 0 Å². The molecule has 124 valence electrons. The van der Waals surface area contributed by atoms with Gasteiger partial charge in [-0.3, -0.25) is 10.1 Å². The molecule has 0 unspecified atom stereocenters. The molecule has 0 radical (unpaired) electrons. The van der Waals surface area contributed by atoms with Gasteiger partial charge in [-0.1, -0.05) is 29.3 Å². The van der Waals surface area contributed by atoms with Crippen LogP contribution in [0, 0.1) is 10.5 Å². The second-order valence-corrected chi connectivity index (χ2v) is 7.40. The van der Waals surface area contributed by atoms with Gasteiger partial charge >= 0.3 is 0 Å². The number of aryl methyl sites for hydroxylation is 1. The molecular formula is C17H13Cl2IN2OS. The van der Waals surface area contributed by atoms with Crippen LogP contribution in [-0.4, -0.2) is 11.0 Å². The van der Waals surface area contributed by atoms with Gasteiger partial charge in [-0.05, 0) is 89.3 Å². The lowest BCUT2D eigenvalue weighted by Crippen LogP contribution is -2.33. The maximum Gasteiger partial charge on any atom is 0.250 e. The smallest absolute Gasteiger partial charge is 0.250 e. The highest BCUT2D eigenvalue weighted by Gasteiger charge is 2.05. The van der Waals surface area contributed by atoms with Crippen molar-refractivity contribution in [1.82, 2.24) is 5.32 Å². The summed E-state index contributed by atoms with van der Waals surface area (Å²) in [4.78, 5) is 11.9. The van der Waals surface area contributed by atoms with Crippen LogP contribution < -0.4 is 10.6 Å². The van der Waals surface area contributed by atoms with Crippen LogP contribution in [0.3, 0.4) is 0 Å². The van der Waals surface area contributed by atoms with Gasteiger partial charge in [0.15, 0.2) is 5.11 Å². The molecule has 7 heteroatoms. The van der Waals surface area contributed by atoms with Gasteiger partial charge in [-0.2, -0.15) is 0 Å². The third-order valence-corrected chi connectivity index (χ3v) is 4.49. The Labute approximate surface area is 169 Å². The van der Waals surface area contributed by atoms with E-state index in [4.69, 9.17) is 35.4 Å². The zero-order chi connectivity index (χ0) is 17.7. The van der Waals surface area contributed by atoms with E-state index in [1.807, 2.05) is 25.1 Å². The molecule has 0 atom stereocenters. The highest BCUT2D eigenvalue weighted by molar-refractivity contribution is 14.1. The molecule has 2 aromatic carbocycles. The Morgan fingerprint density at radius 2 is 1.96 bits per heavy atom. The second-order valence-electron chi connectivity index (χ2n) is 4.90. The highest BCUT2D eigenvalue weighted by atomic mass is 127. The van der Waals surface area contributed by atoms with E-state index in [1.54, 1.807) is 24.3 Å². The zero-order valence-corrected chi connectivity index (χ0v) is 17.1. The summed E-state index contributed by atoms with van der Waals surface area (Å²) in [6.07, 6.45) is 2.97. The SMILES string of the molecule is Cc1cc(I)ccc1NC(=S)NC(=O)/C=C/c1ccc(Cl)cc1Cl. The van der Waals surface area contributed by atoms with E-state index in [0.717, 1.165) is 14.8 Å². The maximum atomic E-state index is 11.9. The van der Waals surface area contributed by atoms with Crippen molar-refractivity contribution in [2.24, 2.45) is 0 Å². The molecule has 2 rings (SSSR count). The average Bonchev–Trinajstić information content (AvgIpc) is 2.49. The molecule has 0 saturated carbocycles. The Bertz CT molecular complexity index is 824. The van der Waals surface area contributed by atoms with Crippen LogP contribution in [0.2, 0.25) is 10.0 Å². The van der Waals surface area contributed by atoms with Crippen molar-refractivity contribution in [2.75, 3.05) is 5.32 Å². The molecule has 2 N–H and O–H groups in total. The van der Waals surface area contributed by atoms with E-state index in [-0.39, 0.29) is 11.0 Å². The standard InChI is InChI=1S/C17H13Cl2IN2OS/c1-10-8-13(20)5-6-15(10)21-17(24)22-16(23)7-3-11-2-4-12(18)9-14(11)19/h2-9H,1H3,(H2,21,22,23,24)/b7-3+. The van der Waals surface area contributed by atoms with Crippen LogP contribution in [0.4, 0.5) is 5.69 Å². The molecule has 0 aromatic heterocycles. The molecule has 0 fully saturated rings. The lowest BCUT2D eigenvalue weighted by Gasteiger charge is -2.11. The molecule has 3 nitrogen and oxygen atoms in total. The first-order chi connectivity index (χ1) is 11.3. The minimum absolute atomic E-state index is 0.233. The van der Waals surface area contributed by atoms with Crippen LogP contribution in [0.25, 0.3) is 6.08 Å². The molecule has 0 aliphatic heterocycles. The van der Waals surface area contributed by atoms with Crippen molar-refractivity contribution >= 4 is 80.8 Å². The lowest BCUT2D eigenvalue weighted by molar-refractivity contribution is -0.115. The number of hydrogen-bond donors (Lipinski definition) is 2. The van der Waals surface area contributed by atoms with E-state index in [1.165, 1.54) is 6.08 Å². The molecule has 0 spiro atoms. The van der Waals surface area contributed by atoms with Crippen LogP contribution >= 0.6 is 58.0 Å². The zero-order valence-electron chi connectivity index (χ0n) is 12.6. The van der Waals surface area contributed by atoms with Crippen molar-refractivity contribution < 1.29 is 4.79 Å². The van der Waals surface area contributed by atoms with Crippen molar-refractivity contribution in [3.8, 4) is 0 Å². The summed E-state index contributed by atoms with van der Waals surface area (Å²) < 4.78 is 1.13. The number of carbonyl (C=O) groups is 1. The molecule has 1 amide bonds. The monoisotopic (exact) mass is 490 g/mol. The number of halogens is 3. The Morgan fingerprint density at radius 3 is 2.62 bits per heavy atom. The van der Waals surface area contributed by atoms with Crippen LogP contribution in [0.15, 0.2) is 42.5 Å². The topological polar surface area (TPSA) is 41.1 Å². The largest absolute Gasteiger partial charge is 0.332 e. The number of rotatable bonds is 3. The Hall–Kier alpha value is -1.15. The molecule has 2 aromatic rings. The number of thiocarbonyl (C=S) groups is 1. The van der Waals surface area contributed by atoms with Crippen LogP contribution in [0.5, 0.6) is 0 Å². The van der Waals surface area contributed by atoms with Crippen molar-refractivity contribution in [1.29, 1.82) is 0 Å². The Kier molecular flexibility index (Phi) is 7.03. The Morgan fingerprint density at radius 1 is 1.21 bits per heavy atom. The fourth-order valence-corrected chi connectivity index (χ4v) is 3.21. The summed E-state index contributed by atoms with van der Waals surface area (Å²) in [6, 6.07) is 11.0. The normalized spacial score (nSPS) is 10.7. The average molecular weight is 491 g/mol. The minimum atomic E-state index is -0.346. The number of anilines is 1. The molecule has 0 aliphatic rings. The minimum Gasteiger partial charge on any atom is -0.332 e. The number of carbonyl (C=O) groups excluding carboxylic acids is 1. The summed E-state index contributed by atoms with van der Waals surface area (Å²) in [5, 5.41) is 6.85. The first kappa shape index (κ1) is 19.2. The van der Waals surface area contributed by atoms with Crippen LogP contribution in [0.1, 0.15) is 11.1 Å². The Balaban J connectivity index is 1.96. The van der Waals surface area contributed by atoms with Gasteiger partial charge < -0.3 is 5.32 Å². The number of benzene rings is 2. The first-order valence-electron chi connectivity index (χ1n) is 6.86. The predicted octanol–water partition coefficient (Wildman–Crippen LogP) is 5.43. The summed E-state index contributed by atoms with van der Waals surface area (Å²) in [5.41, 5.74) is 2.59. The van der Waals surface area contributed by atoms with Gasteiger partial charge in [0, 0.05) is 25.4 Å². The number of amides is 1. The fraction of sp³-hybridized carbons (Fsp3) is 0.0588. The van der Waals surface area contributed by atoms with Gasteiger partial charge in [0.1, 0.15) is 0 Å². The highest BCUT2D eigenvalue weighted by Crippen LogP contribution is 2.22. The van der Waals surface area contributed by atoms with Gasteiger partial charge in [-0.25, -0.2) is 0 Å². The fourth-order valence-electron chi connectivity index (χ4n) is 1.88. The van der Waals surface area contributed by atoms with Crippen molar-refractivity contribution in [3.05, 3.63) is 67.2 Å². The van der Waals surface area contributed by atoms with E-state index >= 15 is 0 Å². The predicted molar refractivity (Wildman–Crippen MR) is 114 cm³/mol. The van der Waals surface area contributed by atoms with Crippen molar-refractivity contribution in [3.63, 3.8) is 0 Å². The van der Waals surface area contributed by atoms with Gasteiger partial charge in [0.25, 0.3) is 0 Å². The third kappa shape index (κ3) is 5.73.